The summed E-state index contributed by atoms with van der Waals surface area (Å²) in [7, 11) is 1.67. The van der Waals surface area contributed by atoms with Crippen molar-refractivity contribution >= 4 is 29.4 Å². The number of nitrogens with zero attached hydrogens (tertiary/aromatic N) is 3. The van der Waals surface area contributed by atoms with Gasteiger partial charge in [0.25, 0.3) is 23.4 Å². The highest BCUT2D eigenvalue weighted by Gasteiger charge is 2.42. The second-order valence-corrected chi connectivity index (χ2v) is 7.73. The van der Waals surface area contributed by atoms with E-state index in [1.165, 1.54) is 12.1 Å². The molecular formula is C20H23N3O7. The molecule has 2 aliphatic rings. The van der Waals surface area contributed by atoms with E-state index >= 15 is 0 Å². The predicted molar refractivity (Wildman–Crippen MR) is 104 cm³/mol. The lowest BCUT2D eigenvalue weighted by Crippen LogP contribution is -2.42. The number of fused-ring (bicyclic) bond motifs is 1. The lowest BCUT2D eigenvalue weighted by molar-refractivity contribution is -0.385. The molecule has 1 aliphatic carbocycles. The molecule has 30 heavy (non-hydrogen) atoms. The van der Waals surface area contributed by atoms with Crippen LogP contribution < -0.4 is 0 Å². The second-order valence-electron chi connectivity index (χ2n) is 7.73. The van der Waals surface area contributed by atoms with Crippen molar-refractivity contribution in [2.24, 2.45) is 5.92 Å². The van der Waals surface area contributed by atoms with E-state index in [0.29, 0.717) is 10.8 Å². The van der Waals surface area contributed by atoms with Gasteiger partial charge in [0.15, 0.2) is 6.61 Å². The number of carbonyl (C=O) groups is 4. The maximum Gasteiger partial charge on any atom is 0.326 e. The predicted octanol–water partition coefficient (Wildman–Crippen LogP) is 1.77. The fourth-order valence-electron chi connectivity index (χ4n) is 3.86. The molecule has 10 heteroatoms. The third-order valence-electron chi connectivity index (χ3n) is 5.74. The van der Waals surface area contributed by atoms with Crippen LogP contribution in [0.1, 0.15) is 53.3 Å². The van der Waals surface area contributed by atoms with Gasteiger partial charge < -0.3 is 9.64 Å². The highest BCUT2D eigenvalue weighted by molar-refractivity contribution is 6.24. The van der Waals surface area contributed by atoms with Crippen molar-refractivity contribution < 1.29 is 28.8 Å². The van der Waals surface area contributed by atoms with Gasteiger partial charge in [-0.1, -0.05) is 13.0 Å². The van der Waals surface area contributed by atoms with Crippen LogP contribution >= 0.6 is 0 Å². The Kier molecular flexibility index (Phi) is 6.14. The van der Waals surface area contributed by atoms with Crippen molar-refractivity contribution in [2.45, 2.75) is 38.6 Å². The van der Waals surface area contributed by atoms with Gasteiger partial charge in [-0.05, 0) is 37.7 Å². The molecule has 0 bridgehead atoms. The second kappa shape index (κ2) is 8.60. The standard InChI is InChI=1S/C20H23N3O7/c1-12-6-8-13(9-7-12)21(2)16(24)11-30-17(25)10-22-19(26)14-4-3-5-15(23(28)29)18(14)20(22)27/h3-5,12-13H,6-11H2,1-2H3. The first-order chi connectivity index (χ1) is 14.2. The third-order valence-corrected chi connectivity index (χ3v) is 5.74. The summed E-state index contributed by atoms with van der Waals surface area (Å²) in [5.74, 6) is -2.40. The number of likely N-dealkylation sites (N-methyl/N-ethyl adjacent to an activating group) is 1. The molecule has 0 aromatic heterocycles. The number of rotatable bonds is 6. The van der Waals surface area contributed by atoms with E-state index in [-0.39, 0.29) is 23.1 Å². The van der Waals surface area contributed by atoms with E-state index in [9.17, 15) is 29.3 Å². The van der Waals surface area contributed by atoms with Crippen LogP contribution in [0.4, 0.5) is 5.69 Å². The number of benzene rings is 1. The summed E-state index contributed by atoms with van der Waals surface area (Å²) >= 11 is 0. The molecule has 0 unspecified atom stereocenters. The summed E-state index contributed by atoms with van der Waals surface area (Å²) in [6.07, 6.45) is 3.86. The molecule has 0 spiro atoms. The third kappa shape index (κ3) is 4.17. The van der Waals surface area contributed by atoms with Crippen molar-refractivity contribution in [1.82, 2.24) is 9.80 Å². The zero-order valence-electron chi connectivity index (χ0n) is 16.8. The summed E-state index contributed by atoms with van der Waals surface area (Å²) in [4.78, 5) is 61.8. The molecule has 3 amide bonds. The van der Waals surface area contributed by atoms with Crippen LogP contribution in [-0.4, -0.2) is 64.7 Å². The average Bonchev–Trinajstić information content (AvgIpc) is 2.96. The molecule has 0 radical (unpaired) electrons. The van der Waals surface area contributed by atoms with E-state index in [0.717, 1.165) is 31.7 Å². The zero-order valence-corrected chi connectivity index (χ0v) is 16.8. The molecule has 1 heterocycles. The number of esters is 1. The van der Waals surface area contributed by atoms with Crippen LogP contribution in [0.25, 0.3) is 0 Å². The van der Waals surface area contributed by atoms with Crippen LogP contribution in [0.15, 0.2) is 18.2 Å². The molecule has 1 aromatic carbocycles. The topological polar surface area (TPSA) is 127 Å². The summed E-state index contributed by atoms with van der Waals surface area (Å²) in [5, 5.41) is 11.1. The van der Waals surface area contributed by atoms with Crippen molar-refractivity contribution in [3.8, 4) is 0 Å². The molecule has 0 atom stereocenters. The van der Waals surface area contributed by atoms with Crippen LogP contribution in [-0.2, 0) is 14.3 Å². The van der Waals surface area contributed by atoms with E-state index in [1.54, 1.807) is 11.9 Å². The van der Waals surface area contributed by atoms with Crippen molar-refractivity contribution in [2.75, 3.05) is 20.2 Å². The molecule has 1 aromatic rings. The van der Waals surface area contributed by atoms with Gasteiger partial charge in [0.1, 0.15) is 12.1 Å². The largest absolute Gasteiger partial charge is 0.454 e. The normalized spacial score (nSPS) is 20.7. The number of nitro benzene ring substituents is 1. The van der Waals surface area contributed by atoms with Crippen LogP contribution in [0, 0.1) is 16.0 Å². The molecule has 1 fully saturated rings. The Labute approximate surface area is 172 Å². The molecule has 1 saturated carbocycles. The lowest BCUT2D eigenvalue weighted by atomic mass is 9.87. The Morgan fingerprint density at radius 3 is 2.50 bits per heavy atom. The van der Waals surface area contributed by atoms with E-state index in [2.05, 4.69) is 6.92 Å². The first-order valence-electron chi connectivity index (χ1n) is 9.75. The van der Waals surface area contributed by atoms with Crippen LogP contribution in [0.5, 0.6) is 0 Å². The van der Waals surface area contributed by atoms with Crippen molar-refractivity contribution in [3.63, 3.8) is 0 Å². The van der Waals surface area contributed by atoms with Crippen LogP contribution in [0.2, 0.25) is 0 Å². The van der Waals surface area contributed by atoms with Gasteiger partial charge >= 0.3 is 5.97 Å². The fraction of sp³-hybridized carbons (Fsp3) is 0.500. The highest BCUT2D eigenvalue weighted by Crippen LogP contribution is 2.30. The average molecular weight is 417 g/mol. The minimum Gasteiger partial charge on any atom is -0.454 e. The summed E-state index contributed by atoms with van der Waals surface area (Å²) < 4.78 is 4.96. The zero-order chi connectivity index (χ0) is 22.0. The Bertz CT molecular complexity index is 906. The van der Waals surface area contributed by atoms with E-state index in [4.69, 9.17) is 4.74 Å². The van der Waals surface area contributed by atoms with Gasteiger partial charge in [0.2, 0.25) is 0 Å². The quantitative estimate of drug-likeness (QED) is 0.299. The number of amides is 3. The van der Waals surface area contributed by atoms with Gasteiger partial charge in [-0.15, -0.1) is 0 Å². The highest BCUT2D eigenvalue weighted by atomic mass is 16.6. The van der Waals surface area contributed by atoms with E-state index < -0.39 is 41.5 Å². The van der Waals surface area contributed by atoms with Crippen molar-refractivity contribution in [3.05, 3.63) is 39.4 Å². The number of imide groups is 1. The van der Waals surface area contributed by atoms with Crippen LogP contribution in [0.3, 0.4) is 0 Å². The van der Waals surface area contributed by atoms with Gasteiger partial charge in [-0.2, -0.15) is 0 Å². The Hall–Kier alpha value is -3.30. The first-order valence-corrected chi connectivity index (χ1v) is 9.75. The number of nitro groups is 1. The minimum atomic E-state index is -0.939. The number of ether oxygens (including phenoxy) is 1. The molecule has 0 saturated heterocycles. The number of carbonyl (C=O) groups excluding carboxylic acids is 4. The maximum atomic E-state index is 12.5. The Morgan fingerprint density at radius 1 is 1.20 bits per heavy atom. The van der Waals surface area contributed by atoms with Crippen molar-refractivity contribution in [1.29, 1.82) is 0 Å². The molecule has 1 aliphatic heterocycles. The summed E-state index contributed by atoms with van der Waals surface area (Å²) in [6, 6.07) is 3.80. The van der Waals surface area contributed by atoms with Gasteiger partial charge in [-0.3, -0.25) is 34.2 Å². The van der Waals surface area contributed by atoms with Gasteiger partial charge in [0.05, 0.1) is 10.5 Å². The van der Waals surface area contributed by atoms with Gasteiger partial charge in [0, 0.05) is 19.2 Å². The molecule has 3 rings (SSSR count). The molecule has 10 nitrogen and oxygen atoms in total. The fourth-order valence-corrected chi connectivity index (χ4v) is 3.86. The molecule has 160 valence electrons. The summed E-state index contributed by atoms with van der Waals surface area (Å²) in [5.41, 5.74) is -0.979. The monoisotopic (exact) mass is 417 g/mol. The molecule has 0 N–H and O–H groups in total. The summed E-state index contributed by atoms with van der Waals surface area (Å²) in [6.45, 7) is 0.958. The maximum absolute atomic E-state index is 12.5. The number of hydrogen-bond acceptors (Lipinski definition) is 7. The Morgan fingerprint density at radius 2 is 1.87 bits per heavy atom. The number of hydrogen-bond donors (Lipinski definition) is 0. The minimum absolute atomic E-state index is 0.101. The smallest absolute Gasteiger partial charge is 0.326 e. The SMILES string of the molecule is CC1CCC(N(C)C(=O)COC(=O)CN2C(=O)c3cccc([N+](=O)[O-])c3C2=O)CC1. The lowest BCUT2D eigenvalue weighted by Gasteiger charge is -2.33. The van der Waals surface area contributed by atoms with E-state index in [1.807, 2.05) is 0 Å². The first kappa shape index (κ1) is 21.4. The van der Waals surface area contributed by atoms with Gasteiger partial charge in [-0.25, -0.2) is 0 Å². The Balaban J connectivity index is 1.57. The molecular weight excluding hydrogens is 394 g/mol.